The van der Waals surface area contributed by atoms with E-state index in [1.54, 1.807) is 30.9 Å². The average molecular weight is 520 g/mol. The fourth-order valence-electron chi connectivity index (χ4n) is 2.38. The van der Waals surface area contributed by atoms with Gasteiger partial charge in [-0.25, -0.2) is 13.6 Å². The Balaban J connectivity index is 0.00000364. The molecular weight excluding hydrogens is 495 g/mol. The van der Waals surface area contributed by atoms with E-state index in [0.29, 0.717) is 19.0 Å². The standard InChI is InChI=1S/C18H24N4O2S2.HI/c1-13-4-7-15(17(10-13)25-3)12-22-18(20-2)21-11-14-5-8-16(9-6-14)26(19,23)24;/h4-10H,11-12H2,1-3H3,(H2,19,23,24)(H2,20,21,22);1H. The first-order valence-corrected chi connectivity index (χ1v) is 10.8. The second kappa shape index (κ2) is 10.9. The van der Waals surface area contributed by atoms with Crippen LogP contribution in [0.25, 0.3) is 0 Å². The molecule has 27 heavy (non-hydrogen) atoms. The van der Waals surface area contributed by atoms with Gasteiger partial charge in [0, 0.05) is 25.0 Å². The van der Waals surface area contributed by atoms with Crippen LogP contribution >= 0.6 is 35.7 Å². The third-order valence-corrected chi connectivity index (χ3v) is 5.57. The summed E-state index contributed by atoms with van der Waals surface area (Å²) in [5, 5.41) is 11.6. The van der Waals surface area contributed by atoms with Gasteiger partial charge in [0.1, 0.15) is 0 Å². The van der Waals surface area contributed by atoms with Crippen molar-refractivity contribution in [2.45, 2.75) is 29.8 Å². The number of nitrogens with two attached hydrogens (primary N) is 1. The lowest BCUT2D eigenvalue weighted by Crippen LogP contribution is -2.36. The Bertz CT molecular complexity index is 885. The number of nitrogens with one attached hydrogen (secondary N) is 2. The largest absolute Gasteiger partial charge is 0.352 e. The number of rotatable bonds is 6. The maximum atomic E-state index is 11.3. The number of aryl methyl sites for hydroxylation is 1. The maximum absolute atomic E-state index is 11.3. The highest BCUT2D eigenvalue weighted by molar-refractivity contribution is 14.0. The van der Waals surface area contributed by atoms with Gasteiger partial charge in [0.15, 0.2) is 5.96 Å². The molecule has 0 heterocycles. The topological polar surface area (TPSA) is 96.6 Å². The number of thioether (sulfide) groups is 1. The Morgan fingerprint density at radius 3 is 2.30 bits per heavy atom. The molecule has 0 saturated heterocycles. The van der Waals surface area contributed by atoms with Crippen LogP contribution in [-0.4, -0.2) is 27.7 Å². The van der Waals surface area contributed by atoms with E-state index in [9.17, 15) is 8.42 Å². The number of benzene rings is 2. The van der Waals surface area contributed by atoms with E-state index in [-0.39, 0.29) is 28.9 Å². The summed E-state index contributed by atoms with van der Waals surface area (Å²) < 4.78 is 22.6. The number of hydrogen-bond donors (Lipinski definition) is 3. The molecule has 2 aromatic rings. The summed E-state index contributed by atoms with van der Waals surface area (Å²) in [4.78, 5) is 5.57. The zero-order valence-corrected chi connectivity index (χ0v) is 19.5. The predicted octanol–water partition coefficient (Wildman–Crippen LogP) is 2.85. The van der Waals surface area contributed by atoms with Crippen molar-refractivity contribution in [3.05, 3.63) is 59.2 Å². The lowest BCUT2D eigenvalue weighted by atomic mass is 10.1. The smallest absolute Gasteiger partial charge is 0.238 e. The van der Waals surface area contributed by atoms with Gasteiger partial charge in [0.25, 0.3) is 0 Å². The Morgan fingerprint density at radius 2 is 1.74 bits per heavy atom. The van der Waals surface area contributed by atoms with Crippen LogP contribution in [-0.2, 0) is 23.1 Å². The molecule has 0 atom stereocenters. The van der Waals surface area contributed by atoms with Gasteiger partial charge in [0.05, 0.1) is 4.90 Å². The highest BCUT2D eigenvalue weighted by atomic mass is 127. The van der Waals surface area contributed by atoms with Gasteiger partial charge in [-0.3, -0.25) is 4.99 Å². The van der Waals surface area contributed by atoms with Crippen molar-refractivity contribution in [2.75, 3.05) is 13.3 Å². The Labute approximate surface area is 182 Å². The molecule has 0 spiro atoms. The molecule has 0 aromatic heterocycles. The number of aliphatic imine (C=N–C) groups is 1. The van der Waals surface area contributed by atoms with Gasteiger partial charge in [-0.2, -0.15) is 0 Å². The summed E-state index contributed by atoms with van der Waals surface area (Å²) in [5.74, 6) is 0.674. The van der Waals surface area contributed by atoms with Gasteiger partial charge in [-0.1, -0.05) is 24.3 Å². The van der Waals surface area contributed by atoms with Crippen molar-refractivity contribution in [1.82, 2.24) is 10.6 Å². The normalized spacial score (nSPS) is 11.6. The first kappa shape index (κ1) is 23.7. The molecule has 0 fully saturated rings. The van der Waals surface area contributed by atoms with Crippen molar-refractivity contribution in [3.8, 4) is 0 Å². The zero-order valence-electron chi connectivity index (χ0n) is 15.5. The fraction of sp³-hybridized carbons (Fsp3) is 0.278. The molecule has 4 N–H and O–H groups in total. The van der Waals surface area contributed by atoms with Crippen LogP contribution < -0.4 is 15.8 Å². The number of hydrogen-bond acceptors (Lipinski definition) is 4. The van der Waals surface area contributed by atoms with Gasteiger partial charge >= 0.3 is 0 Å². The summed E-state index contributed by atoms with van der Waals surface area (Å²) in [6, 6.07) is 12.8. The van der Waals surface area contributed by atoms with Crippen LogP contribution in [0, 0.1) is 6.92 Å². The van der Waals surface area contributed by atoms with E-state index < -0.39 is 10.0 Å². The number of primary sulfonamides is 1. The van der Waals surface area contributed by atoms with Crippen LogP contribution in [0.4, 0.5) is 0 Å². The number of guanidine groups is 1. The quantitative estimate of drug-likeness (QED) is 0.236. The molecular formula is C18H25IN4O2S2. The summed E-state index contributed by atoms with van der Waals surface area (Å²) in [6.45, 7) is 3.27. The van der Waals surface area contributed by atoms with Gasteiger partial charge in [-0.15, -0.1) is 35.7 Å². The third-order valence-electron chi connectivity index (χ3n) is 3.82. The molecule has 2 rings (SSSR count). The highest BCUT2D eigenvalue weighted by Crippen LogP contribution is 2.21. The van der Waals surface area contributed by atoms with Crippen molar-refractivity contribution in [1.29, 1.82) is 0 Å². The zero-order chi connectivity index (χ0) is 19.2. The number of sulfonamides is 1. The predicted molar refractivity (Wildman–Crippen MR) is 123 cm³/mol. The summed E-state index contributed by atoms with van der Waals surface area (Å²) >= 11 is 1.72. The molecule has 0 aliphatic carbocycles. The lowest BCUT2D eigenvalue weighted by molar-refractivity contribution is 0.597. The Hall–Kier alpha value is -1.30. The molecule has 0 saturated carbocycles. The molecule has 0 aliphatic rings. The number of nitrogens with zero attached hydrogens (tertiary/aromatic N) is 1. The molecule has 6 nitrogen and oxygen atoms in total. The van der Waals surface area contributed by atoms with Crippen LogP contribution in [0.1, 0.15) is 16.7 Å². The summed E-state index contributed by atoms with van der Waals surface area (Å²) in [5.41, 5.74) is 3.38. The number of halogens is 1. The highest BCUT2D eigenvalue weighted by Gasteiger charge is 2.07. The molecule has 148 valence electrons. The molecule has 2 aromatic carbocycles. The first-order valence-electron chi connectivity index (χ1n) is 8.03. The van der Waals surface area contributed by atoms with Crippen molar-refractivity contribution in [2.24, 2.45) is 10.1 Å². The average Bonchev–Trinajstić information content (AvgIpc) is 2.62. The Kier molecular flexibility index (Phi) is 9.57. The fourth-order valence-corrected chi connectivity index (χ4v) is 3.60. The molecule has 0 unspecified atom stereocenters. The molecule has 0 radical (unpaired) electrons. The molecule has 0 amide bonds. The second-order valence-electron chi connectivity index (χ2n) is 5.78. The van der Waals surface area contributed by atoms with Gasteiger partial charge in [0.2, 0.25) is 10.0 Å². The van der Waals surface area contributed by atoms with Crippen molar-refractivity contribution < 1.29 is 8.42 Å². The van der Waals surface area contributed by atoms with E-state index in [1.807, 2.05) is 0 Å². The third kappa shape index (κ3) is 7.32. The van der Waals surface area contributed by atoms with E-state index in [2.05, 4.69) is 47.0 Å². The SMILES string of the molecule is CN=C(NCc1ccc(S(N)(=O)=O)cc1)NCc1ccc(C)cc1SC.I. The van der Waals surface area contributed by atoms with Crippen molar-refractivity contribution in [3.63, 3.8) is 0 Å². The van der Waals surface area contributed by atoms with Crippen molar-refractivity contribution >= 4 is 51.7 Å². The second-order valence-corrected chi connectivity index (χ2v) is 8.19. The van der Waals surface area contributed by atoms with Gasteiger partial charge < -0.3 is 10.6 Å². The van der Waals surface area contributed by atoms with Crippen LogP contribution in [0.2, 0.25) is 0 Å². The molecule has 9 heteroatoms. The minimum Gasteiger partial charge on any atom is -0.352 e. The minimum absolute atomic E-state index is 0. The molecule has 0 aliphatic heterocycles. The minimum atomic E-state index is -3.66. The Morgan fingerprint density at radius 1 is 1.11 bits per heavy atom. The van der Waals surface area contributed by atoms with E-state index in [1.165, 1.54) is 28.2 Å². The molecule has 0 bridgehead atoms. The maximum Gasteiger partial charge on any atom is 0.238 e. The monoisotopic (exact) mass is 520 g/mol. The lowest BCUT2D eigenvalue weighted by Gasteiger charge is -2.14. The summed E-state index contributed by atoms with van der Waals surface area (Å²) in [6.07, 6.45) is 2.07. The summed E-state index contributed by atoms with van der Waals surface area (Å²) in [7, 11) is -1.95. The van der Waals surface area contributed by atoms with E-state index >= 15 is 0 Å². The van der Waals surface area contributed by atoms with Crippen LogP contribution in [0.15, 0.2) is 57.2 Å². The van der Waals surface area contributed by atoms with E-state index in [4.69, 9.17) is 5.14 Å². The van der Waals surface area contributed by atoms with Gasteiger partial charge in [-0.05, 0) is 48.1 Å². The first-order chi connectivity index (χ1) is 12.3. The van der Waals surface area contributed by atoms with Crippen LogP contribution in [0.3, 0.4) is 0 Å². The van der Waals surface area contributed by atoms with E-state index in [0.717, 1.165) is 5.56 Å². The van der Waals surface area contributed by atoms with Crippen LogP contribution in [0.5, 0.6) is 0 Å².